The van der Waals surface area contributed by atoms with Crippen molar-refractivity contribution in [3.8, 4) is 34.4 Å². The van der Waals surface area contributed by atoms with E-state index in [-0.39, 0.29) is 29.0 Å². The van der Waals surface area contributed by atoms with Crippen molar-refractivity contribution < 1.29 is 41.7 Å². The van der Waals surface area contributed by atoms with Crippen LogP contribution in [0.4, 0.5) is 34.9 Å². The number of nitrogens with one attached hydrogen (secondary N) is 2. The highest BCUT2D eigenvalue weighted by Crippen LogP contribution is 2.35. The predicted octanol–water partition coefficient (Wildman–Crippen LogP) is 8.93. The number of rotatable bonds is 10. The predicted molar refractivity (Wildman–Crippen MR) is 249 cm³/mol. The lowest BCUT2D eigenvalue weighted by molar-refractivity contribution is 0.0694. The average Bonchev–Trinajstić information content (AvgIpc) is 4.04. The molecule has 18 heteroatoms. The van der Waals surface area contributed by atoms with E-state index in [0.29, 0.717) is 34.1 Å². The number of carbonyl (C=O) groups is 2. The number of pyridine rings is 4. The minimum Gasteiger partial charge on any atom is -0.477 e. The van der Waals surface area contributed by atoms with Gasteiger partial charge in [0.05, 0.1) is 5.56 Å². The van der Waals surface area contributed by atoms with E-state index in [9.17, 15) is 36.7 Å². The van der Waals surface area contributed by atoms with Crippen LogP contribution in [0, 0.1) is 23.3 Å². The summed E-state index contributed by atoms with van der Waals surface area (Å²) in [6.45, 7) is 1.57. The van der Waals surface area contributed by atoms with Gasteiger partial charge >= 0.3 is 5.97 Å². The standard InChI is InChI=1S/C26H19F2N3O3.C13H12FN3O.C12H8FNO3/c27-17-4-6-18(7-5-17)31-13-1-2-19(26(31)33)22(32)15-16-3-8-24(21(28)14-16)34-23-10-12-30-25-20(23)9-11-29-25;14-10-7-8(15)1-2-12(10)18-11-4-6-17-13-9(11)3-5-16-13;13-8-3-5-9(6-4-8)14-7-1-2-10(11(14)15)12(16)17/h1-8,10,12-14H,9,11,15H2,(H,29,30);1-2,4,6-7H,3,5,15H2,(H,16,17);1-7H,(H,16,17). The molecule has 0 saturated heterocycles. The van der Waals surface area contributed by atoms with E-state index < -0.39 is 46.1 Å². The first-order chi connectivity index (χ1) is 33.3. The van der Waals surface area contributed by atoms with E-state index in [1.807, 2.05) is 0 Å². The molecule has 2 aliphatic heterocycles. The first-order valence-corrected chi connectivity index (χ1v) is 21.2. The molecule has 0 radical (unpaired) electrons. The Morgan fingerprint density at radius 2 is 1.09 bits per heavy atom. The van der Waals surface area contributed by atoms with Crippen LogP contribution < -0.4 is 37.0 Å². The highest BCUT2D eigenvalue weighted by Gasteiger charge is 2.21. The summed E-state index contributed by atoms with van der Waals surface area (Å²) < 4.78 is 68.2. The Kier molecular flexibility index (Phi) is 13.9. The molecule has 0 saturated carbocycles. The normalized spacial score (nSPS) is 11.9. The molecule has 0 spiro atoms. The van der Waals surface area contributed by atoms with Crippen LogP contribution in [-0.2, 0) is 19.3 Å². The number of hydrogen-bond donors (Lipinski definition) is 4. The topological polar surface area (TPSA) is 193 Å². The molecule has 0 fully saturated rings. The highest BCUT2D eigenvalue weighted by atomic mass is 19.1. The molecule has 0 aliphatic carbocycles. The number of fused-ring (bicyclic) bond motifs is 2. The van der Waals surface area contributed by atoms with Gasteiger partial charge in [0, 0.05) is 78.6 Å². The van der Waals surface area contributed by atoms with Gasteiger partial charge in [-0.15, -0.1) is 0 Å². The van der Waals surface area contributed by atoms with E-state index in [2.05, 4.69) is 20.6 Å². The van der Waals surface area contributed by atoms with Crippen molar-refractivity contribution in [1.29, 1.82) is 0 Å². The van der Waals surface area contributed by atoms with Gasteiger partial charge in [-0.2, -0.15) is 0 Å². The fourth-order valence-corrected chi connectivity index (χ4v) is 7.37. The van der Waals surface area contributed by atoms with E-state index in [1.165, 1.54) is 108 Å². The average molecular weight is 938 g/mol. The summed E-state index contributed by atoms with van der Waals surface area (Å²) >= 11 is 0. The number of carboxylic acids is 1. The zero-order valence-corrected chi connectivity index (χ0v) is 36.2. The number of carbonyl (C=O) groups excluding carboxylic acids is 1. The van der Waals surface area contributed by atoms with Gasteiger partial charge < -0.3 is 30.9 Å². The molecular weight excluding hydrogens is 899 g/mol. The van der Waals surface area contributed by atoms with Crippen molar-refractivity contribution in [2.24, 2.45) is 0 Å². The zero-order chi connectivity index (χ0) is 48.6. The van der Waals surface area contributed by atoms with Crippen molar-refractivity contribution in [3.63, 3.8) is 0 Å². The summed E-state index contributed by atoms with van der Waals surface area (Å²) in [5, 5.41) is 15.1. The van der Waals surface area contributed by atoms with E-state index in [1.54, 1.807) is 42.7 Å². The second kappa shape index (κ2) is 20.6. The summed E-state index contributed by atoms with van der Waals surface area (Å²) in [6.07, 6.45) is 7.58. The van der Waals surface area contributed by atoms with E-state index >= 15 is 0 Å². The number of ketones is 1. The van der Waals surface area contributed by atoms with Crippen LogP contribution in [0.15, 0.2) is 156 Å². The SMILES string of the molecule is Nc1ccc(Oc2ccnc3c2CCN3)c(F)c1.O=C(Cc1ccc(Oc2ccnc3c2CCN3)c(F)c1)c1cccn(-c2ccc(F)cc2)c1=O.O=C(O)c1cccn(-c2ccc(F)cc2)c1=O. The van der Waals surface area contributed by atoms with Crippen LogP contribution in [0.1, 0.15) is 37.4 Å². The van der Waals surface area contributed by atoms with Crippen LogP contribution in [0.3, 0.4) is 0 Å². The minimum atomic E-state index is -1.29. The van der Waals surface area contributed by atoms with Gasteiger partial charge in [0.15, 0.2) is 28.9 Å². The lowest BCUT2D eigenvalue weighted by atomic mass is 10.0. The van der Waals surface area contributed by atoms with Crippen molar-refractivity contribution in [2.75, 3.05) is 29.5 Å². The Morgan fingerprint density at radius 3 is 1.58 bits per heavy atom. The van der Waals surface area contributed by atoms with Crippen molar-refractivity contribution in [3.05, 3.63) is 218 Å². The Balaban J connectivity index is 0.000000154. The number of aromatic carboxylic acids is 1. The molecule has 14 nitrogen and oxygen atoms in total. The first-order valence-electron chi connectivity index (χ1n) is 21.2. The summed E-state index contributed by atoms with van der Waals surface area (Å²) in [5.74, 6) is -0.752. The Bertz CT molecular complexity index is 3330. The maximum atomic E-state index is 14.8. The van der Waals surface area contributed by atoms with Gasteiger partial charge in [-0.3, -0.25) is 23.5 Å². The van der Waals surface area contributed by atoms with Gasteiger partial charge in [0.1, 0.15) is 40.3 Å². The highest BCUT2D eigenvalue weighted by molar-refractivity contribution is 5.97. The molecule has 4 aromatic heterocycles. The van der Waals surface area contributed by atoms with Gasteiger partial charge in [0.25, 0.3) is 11.1 Å². The summed E-state index contributed by atoms with van der Waals surface area (Å²) in [7, 11) is 0. The Labute approximate surface area is 389 Å². The molecule has 4 aromatic carbocycles. The quantitative estimate of drug-likeness (QED) is 0.0579. The molecule has 5 N–H and O–H groups in total. The number of carboxylic acid groups (broad SMARTS) is 1. The minimum absolute atomic E-state index is 0.0348. The van der Waals surface area contributed by atoms with Crippen LogP contribution in [0.25, 0.3) is 11.4 Å². The van der Waals surface area contributed by atoms with E-state index in [0.717, 1.165) is 53.3 Å². The third-order valence-corrected chi connectivity index (χ3v) is 10.8. The second-order valence-corrected chi connectivity index (χ2v) is 15.3. The molecule has 69 heavy (non-hydrogen) atoms. The van der Waals surface area contributed by atoms with Gasteiger partial charge in [-0.25, -0.2) is 32.3 Å². The number of halogens is 4. The van der Waals surface area contributed by atoms with Crippen molar-refractivity contribution in [2.45, 2.75) is 19.3 Å². The lowest BCUT2D eigenvalue weighted by Crippen LogP contribution is -2.25. The maximum absolute atomic E-state index is 14.8. The monoisotopic (exact) mass is 937 g/mol. The fourth-order valence-electron chi connectivity index (χ4n) is 7.37. The number of hydrogen-bond acceptors (Lipinski definition) is 11. The maximum Gasteiger partial charge on any atom is 0.341 e. The number of nitrogens with two attached hydrogens (primary N) is 1. The summed E-state index contributed by atoms with van der Waals surface area (Å²) in [6, 6.07) is 28.4. The lowest BCUT2D eigenvalue weighted by Gasteiger charge is -2.11. The number of nitrogens with zero attached hydrogens (tertiary/aromatic N) is 4. The zero-order valence-electron chi connectivity index (χ0n) is 36.2. The number of nitrogen functional groups attached to an aromatic ring is 1. The van der Waals surface area contributed by atoms with E-state index in [4.69, 9.17) is 20.3 Å². The van der Waals surface area contributed by atoms with Crippen LogP contribution >= 0.6 is 0 Å². The second-order valence-electron chi connectivity index (χ2n) is 15.3. The summed E-state index contributed by atoms with van der Waals surface area (Å²) in [5.41, 5.74) is 7.47. The molecule has 10 rings (SSSR count). The first kappa shape index (κ1) is 46.5. The molecule has 2 aliphatic rings. The molecule has 0 atom stereocenters. The van der Waals surface area contributed by atoms with Gasteiger partial charge in [0.2, 0.25) is 0 Å². The molecule has 0 amide bonds. The molecular formula is C51H39F4N7O7. The third-order valence-electron chi connectivity index (χ3n) is 10.8. The number of anilines is 3. The molecule has 348 valence electrons. The largest absolute Gasteiger partial charge is 0.477 e. The number of ether oxygens (including phenoxy) is 2. The van der Waals surface area contributed by atoms with Crippen molar-refractivity contribution >= 4 is 29.1 Å². The fraction of sp³-hybridized carbons (Fsp3) is 0.0980. The number of aromatic nitrogens is 4. The third kappa shape index (κ3) is 10.8. The summed E-state index contributed by atoms with van der Waals surface area (Å²) in [4.78, 5) is 56.7. The Morgan fingerprint density at radius 1 is 0.609 bits per heavy atom. The van der Waals surface area contributed by atoms with Crippen LogP contribution in [0.5, 0.6) is 23.0 Å². The van der Waals surface area contributed by atoms with Crippen LogP contribution in [-0.4, -0.2) is 49.1 Å². The number of benzene rings is 4. The molecule has 0 bridgehead atoms. The smallest absolute Gasteiger partial charge is 0.341 e. The Hall–Kier alpha value is -9.06. The number of Topliss-reactive ketones (excluding diaryl/α,β-unsaturated/α-hetero) is 1. The van der Waals surface area contributed by atoms with Gasteiger partial charge in [-0.05, 0) is 128 Å². The molecule has 0 unspecified atom stereocenters. The molecule has 6 heterocycles. The van der Waals surface area contributed by atoms with Gasteiger partial charge in [-0.1, -0.05) is 6.07 Å². The van der Waals surface area contributed by atoms with Crippen molar-refractivity contribution in [1.82, 2.24) is 19.1 Å². The van der Waals surface area contributed by atoms with Crippen LogP contribution in [0.2, 0.25) is 0 Å². The molecule has 8 aromatic rings.